The van der Waals surface area contributed by atoms with Crippen LogP contribution in [0.5, 0.6) is 0 Å². The van der Waals surface area contributed by atoms with Crippen LogP contribution in [-0.4, -0.2) is 43.4 Å². The van der Waals surface area contributed by atoms with Crippen molar-refractivity contribution in [2.24, 2.45) is 0 Å². The average Bonchev–Trinajstić information content (AvgIpc) is 2.89. The van der Waals surface area contributed by atoms with E-state index < -0.39 is 33.9 Å². The first-order valence-corrected chi connectivity index (χ1v) is 16.2. The molecule has 0 radical (unpaired) electrons. The minimum atomic E-state index is -4.57. The van der Waals surface area contributed by atoms with Gasteiger partial charge in [0.1, 0.15) is 16.7 Å². The average molecular weight is 577 g/mol. The van der Waals surface area contributed by atoms with E-state index in [9.17, 15) is 22.6 Å². The molecule has 0 aliphatic heterocycles. The van der Waals surface area contributed by atoms with Crippen LogP contribution in [0.2, 0.25) is 0 Å². The van der Waals surface area contributed by atoms with Crippen molar-refractivity contribution in [1.29, 1.82) is 0 Å². The second kappa shape index (κ2) is 23.7. The minimum absolute atomic E-state index is 0. The van der Waals surface area contributed by atoms with Crippen molar-refractivity contribution in [2.45, 2.75) is 128 Å². The summed E-state index contributed by atoms with van der Waals surface area (Å²) < 4.78 is 44.0. The van der Waals surface area contributed by atoms with E-state index in [0.717, 1.165) is 19.3 Å². The molecule has 0 saturated heterocycles. The van der Waals surface area contributed by atoms with E-state index in [-0.39, 0.29) is 53.7 Å². The topological polar surface area (TPSA) is 110 Å². The smallest absolute Gasteiger partial charge is 0.748 e. The maximum Gasteiger partial charge on any atom is 1.00 e. The van der Waals surface area contributed by atoms with Crippen molar-refractivity contribution >= 4 is 22.1 Å². The molecule has 1 aromatic carbocycles. The van der Waals surface area contributed by atoms with Gasteiger partial charge in [0, 0.05) is 0 Å². The Morgan fingerprint density at radius 2 is 1.08 bits per heavy atom. The molecule has 0 heterocycles. The van der Waals surface area contributed by atoms with Crippen LogP contribution in [0.4, 0.5) is 0 Å². The van der Waals surface area contributed by atoms with Crippen LogP contribution >= 0.6 is 0 Å². The molecule has 0 aliphatic rings. The molecule has 7 nitrogen and oxygen atoms in total. The molecule has 39 heavy (non-hydrogen) atoms. The van der Waals surface area contributed by atoms with E-state index >= 15 is 0 Å². The molecule has 0 N–H and O–H groups in total. The van der Waals surface area contributed by atoms with Crippen LogP contribution in [0.3, 0.4) is 0 Å². The monoisotopic (exact) mass is 576 g/mol. The molecule has 0 spiro atoms. The molecule has 1 unspecified atom stereocenters. The van der Waals surface area contributed by atoms with Gasteiger partial charge in [-0.3, -0.25) is 0 Å². The van der Waals surface area contributed by atoms with Crippen molar-refractivity contribution in [3.8, 4) is 0 Å². The Kier molecular flexibility index (Phi) is 23.2. The van der Waals surface area contributed by atoms with Crippen LogP contribution in [0, 0.1) is 0 Å². The van der Waals surface area contributed by atoms with Gasteiger partial charge < -0.3 is 14.0 Å². The van der Waals surface area contributed by atoms with Crippen molar-refractivity contribution in [2.75, 3.05) is 13.2 Å². The molecule has 0 saturated carbocycles. The maximum absolute atomic E-state index is 12.5. The first kappa shape index (κ1) is 38.1. The summed E-state index contributed by atoms with van der Waals surface area (Å²) in [6.45, 7) is 3.50. The molecule has 0 aliphatic carbocycles. The van der Waals surface area contributed by atoms with Gasteiger partial charge in [-0.1, -0.05) is 122 Å². The Hall–Kier alpha value is -0.930. The van der Waals surface area contributed by atoms with Gasteiger partial charge >= 0.3 is 41.5 Å². The summed E-state index contributed by atoms with van der Waals surface area (Å²) in [5.41, 5.74) is 0.0506. The molecule has 0 bridgehead atoms. The standard InChI is InChI=1S/C30H50O7S.Na/c1-3-5-6-7-8-9-10-11-12-13-14-15-16-17-18-21-24-36-29(31)27-22-19-20-23-28(27)30(32)37-25-26(4-2)38(33,34)35;/h19-20,22-23,26H,3-18,21,24-25H2,1-2H3,(H,33,34,35);/q;+1/p-1. The number of hydrogen-bond donors (Lipinski definition) is 0. The molecular formula is C30H49NaO7S. The van der Waals surface area contributed by atoms with Crippen molar-refractivity contribution in [1.82, 2.24) is 0 Å². The Labute approximate surface area is 259 Å². The Morgan fingerprint density at radius 3 is 1.46 bits per heavy atom. The van der Waals surface area contributed by atoms with E-state index in [1.807, 2.05) is 0 Å². The van der Waals surface area contributed by atoms with Crippen molar-refractivity contribution in [3.63, 3.8) is 0 Å². The normalized spacial score (nSPS) is 12.0. The quantitative estimate of drug-likeness (QED) is 0.0811. The second-order valence-corrected chi connectivity index (χ2v) is 11.8. The molecule has 0 amide bonds. The van der Waals surface area contributed by atoms with Gasteiger partial charge in [0.25, 0.3) is 0 Å². The van der Waals surface area contributed by atoms with Crippen molar-refractivity contribution < 1.29 is 61.6 Å². The van der Waals surface area contributed by atoms with Gasteiger partial charge in [0.05, 0.1) is 23.0 Å². The van der Waals surface area contributed by atoms with E-state index in [1.54, 1.807) is 12.1 Å². The largest absolute Gasteiger partial charge is 1.00 e. The molecule has 0 aromatic heterocycles. The van der Waals surface area contributed by atoms with E-state index in [0.29, 0.717) is 0 Å². The zero-order valence-electron chi connectivity index (χ0n) is 24.6. The number of ether oxygens (including phenoxy) is 2. The third-order valence-electron chi connectivity index (χ3n) is 6.86. The number of carbonyl (C=O) groups excluding carboxylic acids is 2. The van der Waals surface area contributed by atoms with Gasteiger partial charge in [-0.25, -0.2) is 18.0 Å². The SMILES string of the molecule is CCCCCCCCCCCCCCCCCCOC(=O)c1ccccc1C(=O)OCC(CC)S(=O)(=O)[O-].[Na+]. The molecule has 9 heteroatoms. The fraction of sp³-hybridized carbons (Fsp3) is 0.733. The molecule has 1 atom stereocenters. The minimum Gasteiger partial charge on any atom is -0.748 e. The van der Waals surface area contributed by atoms with Crippen LogP contribution in [0.15, 0.2) is 24.3 Å². The first-order chi connectivity index (χ1) is 18.3. The number of rotatable bonds is 23. The summed E-state index contributed by atoms with van der Waals surface area (Å²) in [6.07, 6.45) is 20.3. The van der Waals surface area contributed by atoms with Gasteiger partial charge in [-0.15, -0.1) is 0 Å². The van der Waals surface area contributed by atoms with E-state index in [2.05, 4.69) is 6.92 Å². The van der Waals surface area contributed by atoms with E-state index in [1.165, 1.54) is 103 Å². The van der Waals surface area contributed by atoms with Crippen LogP contribution in [0.25, 0.3) is 0 Å². The predicted octanol–water partition coefficient (Wildman–Crippen LogP) is 4.59. The summed E-state index contributed by atoms with van der Waals surface area (Å²) in [5, 5.41) is -1.32. The first-order valence-electron chi connectivity index (χ1n) is 14.7. The second-order valence-electron chi connectivity index (χ2n) is 10.1. The molecule has 0 fully saturated rings. The van der Waals surface area contributed by atoms with Crippen LogP contribution < -0.4 is 29.6 Å². The summed E-state index contributed by atoms with van der Waals surface area (Å²) in [7, 11) is -4.57. The molecule has 1 aromatic rings. The summed E-state index contributed by atoms with van der Waals surface area (Å²) in [5.74, 6) is -1.48. The van der Waals surface area contributed by atoms with Crippen LogP contribution in [-0.2, 0) is 19.6 Å². The van der Waals surface area contributed by atoms with Gasteiger partial charge in [0.15, 0.2) is 0 Å². The van der Waals surface area contributed by atoms with Gasteiger partial charge in [-0.2, -0.15) is 0 Å². The molecule has 218 valence electrons. The number of unbranched alkanes of at least 4 members (excludes halogenated alkanes) is 15. The fourth-order valence-electron chi connectivity index (χ4n) is 4.38. The van der Waals surface area contributed by atoms with Gasteiger partial charge in [-0.05, 0) is 25.0 Å². The molecule has 1 rings (SSSR count). The van der Waals surface area contributed by atoms with Crippen molar-refractivity contribution in [3.05, 3.63) is 35.4 Å². The third kappa shape index (κ3) is 18.2. The number of carbonyl (C=O) groups is 2. The number of benzene rings is 1. The van der Waals surface area contributed by atoms with Gasteiger partial charge in [0.2, 0.25) is 0 Å². The molecular weight excluding hydrogens is 527 g/mol. The third-order valence-corrected chi connectivity index (χ3v) is 8.15. The zero-order chi connectivity index (χ0) is 28.1. The number of hydrogen-bond acceptors (Lipinski definition) is 7. The Bertz CT molecular complexity index is 889. The maximum atomic E-state index is 12.5. The zero-order valence-corrected chi connectivity index (χ0v) is 27.4. The Balaban J connectivity index is 0.0000144. The fourth-order valence-corrected chi connectivity index (χ4v) is 5.03. The summed E-state index contributed by atoms with van der Waals surface area (Å²) in [4.78, 5) is 24.9. The number of esters is 2. The predicted molar refractivity (Wildman–Crippen MR) is 150 cm³/mol. The summed E-state index contributed by atoms with van der Waals surface area (Å²) >= 11 is 0. The summed E-state index contributed by atoms with van der Waals surface area (Å²) in [6, 6.07) is 6.07. The van der Waals surface area contributed by atoms with Crippen LogP contribution in [0.1, 0.15) is 144 Å². The van der Waals surface area contributed by atoms with E-state index in [4.69, 9.17) is 9.47 Å². The Morgan fingerprint density at radius 1 is 0.692 bits per heavy atom.